The highest BCUT2D eigenvalue weighted by Crippen LogP contribution is 2.31. The molecule has 0 aliphatic carbocycles. The summed E-state index contributed by atoms with van der Waals surface area (Å²) in [5.74, 6) is -5.40. The minimum Gasteiger partial charge on any atom is -0.481 e. The van der Waals surface area contributed by atoms with Gasteiger partial charge in [-0.3, -0.25) is 72.4 Å². The summed E-state index contributed by atoms with van der Waals surface area (Å²) in [5, 5.41) is 60.0. The zero-order valence-corrected chi connectivity index (χ0v) is 81.4. The van der Waals surface area contributed by atoms with Crippen LogP contribution in [0.5, 0.6) is 0 Å². The molecule has 724 valence electrons. The number of nitrogens with one attached hydrogen (secondary N) is 8. The number of methoxy groups -OCH3 is 3. The number of pyridine rings is 3. The maximum Gasteiger partial charge on any atom is 0.317 e. The lowest BCUT2D eigenvalue weighted by molar-refractivity contribution is -0.176. The number of terminal acetylenes is 1. The number of ether oxygens (including phenoxy) is 4. The Morgan fingerprint density at radius 2 is 0.819 bits per heavy atom. The molecular weight excluding hydrogens is 1670 g/mol. The van der Waals surface area contributed by atoms with Gasteiger partial charge in [-0.25, -0.2) is 36.6 Å². The third-order valence-electron chi connectivity index (χ3n) is 19.0. The standard InChI is InChI=1S/C20H32N4O4.C20H33N4O3P.C12H23NO5.C11H17N3O.C9H16O4.C9H14O3.C3H9NO2.C3H8O2.C2H2/c2*1-12(2)11-14(13(3)17(25)24-28)18(26)23-16(20(4,5)6)19(27)22-15-9-7-8-10-21-15;1-7(2)6-10(12(15)16)8(3)11(14)13-18-9(4)17-5;1-11(2,3)9(12)10(15)14-8-6-4-5-7-13-8;1-5(2)4-7(9(12)13)6(3)8(10)11;1-5(2)4-7-6(3)8(10)12-9(7)11;1-3(5-2)6-4;1-3(4)5-2;1-2/h7-10,12-14,16,28H,11H2,1-6H3,(H,23,26)(H,24,25)(H,21,22,27);7-10,12-14,16H,11,28H2,1-6H3,(H,23,26)(H,24,25)(H,21,22,27);7-10H,6H2,1-5H3,(H,13,14)(H,15,16);4-7,9H,12H2,1-3H3,(H,13,14,15);5-7H,4H2,1-3H3,(H,10,11)(H,12,13);5-7H,4H2,1-3H3;3H,4H2,1-2H3;3-4H,1-2H3;1-2H/t2*13-,14+,16+;8-,9?,10+;9-;2*6-,7+;;;/m000100.../s1/i;;;;;;;;1D. The summed E-state index contributed by atoms with van der Waals surface area (Å²) < 4.78 is 23.9. The number of rotatable bonds is 36. The Morgan fingerprint density at radius 3 is 1.06 bits per heavy atom. The first-order chi connectivity index (χ1) is 59.0. The van der Waals surface area contributed by atoms with E-state index in [9.17, 15) is 62.3 Å². The van der Waals surface area contributed by atoms with Gasteiger partial charge in [-0.2, -0.15) is 0 Å². The van der Waals surface area contributed by atoms with E-state index in [0.717, 1.165) is 6.42 Å². The lowest BCUT2D eigenvalue weighted by atomic mass is 9.82. The van der Waals surface area contributed by atoms with E-state index in [4.69, 9.17) is 42.3 Å². The van der Waals surface area contributed by atoms with Crippen LogP contribution in [0.25, 0.3) is 0 Å². The van der Waals surface area contributed by atoms with E-state index in [-0.39, 0.29) is 88.7 Å². The minimum atomic E-state index is -1.05. The number of amides is 8. The molecule has 38 heteroatoms. The summed E-state index contributed by atoms with van der Waals surface area (Å²) in [6.45, 7) is 49.5. The van der Waals surface area contributed by atoms with E-state index in [1.54, 1.807) is 121 Å². The molecule has 17 atom stereocenters. The largest absolute Gasteiger partial charge is 0.481 e. The topological polar surface area (TPSA) is 565 Å². The van der Waals surface area contributed by atoms with Crippen LogP contribution >= 0.6 is 9.39 Å². The van der Waals surface area contributed by atoms with Gasteiger partial charge in [-0.05, 0) is 144 Å². The fourth-order valence-electron chi connectivity index (χ4n) is 11.0. The molecule has 127 heavy (non-hydrogen) atoms. The first-order valence-electron chi connectivity index (χ1n) is 42.4. The van der Waals surface area contributed by atoms with Crippen molar-refractivity contribution in [3.8, 4) is 12.8 Å². The molecular formula is C89H154N13O24P. The minimum absolute atomic E-state index is 0.153. The van der Waals surface area contributed by atoms with Crippen LogP contribution in [-0.2, 0) is 91.0 Å². The van der Waals surface area contributed by atoms with E-state index in [1.807, 2.05) is 138 Å². The Bertz CT molecular complexity index is 3650. The predicted octanol–water partition coefficient (Wildman–Crippen LogP) is 10.8. The number of esters is 2. The van der Waals surface area contributed by atoms with Crippen LogP contribution in [-0.4, -0.2) is 176 Å². The zero-order chi connectivity index (χ0) is 101. The smallest absolute Gasteiger partial charge is 0.317 e. The molecule has 8 amide bonds. The molecule has 1 aliphatic rings. The second-order valence-electron chi connectivity index (χ2n) is 35.6. The lowest BCUT2D eigenvalue weighted by Crippen LogP contribution is -2.54. The molecule has 0 radical (unpaired) electrons. The van der Waals surface area contributed by atoms with Crippen molar-refractivity contribution >= 4 is 104 Å². The second-order valence-corrected chi connectivity index (χ2v) is 35.9. The quantitative estimate of drug-likeness (QED) is 0.00489. The number of carboxylic acid groups (broad SMARTS) is 3. The Balaban J connectivity index is -0.000000469. The van der Waals surface area contributed by atoms with Gasteiger partial charge in [0.05, 0.1) is 41.5 Å². The predicted molar refractivity (Wildman–Crippen MR) is 487 cm³/mol. The Kier molecular flexibility index (Phi) is 64.1. The summed E-state index contributed by atoms with van der Waals surface area (Å²) in [6, 6.07) is 13.6. The Hall–Kier alpha value is -9.61. The molecule has 1 fully saturated rings. The van der Waals surface area contributed by atoms with E-state index in [1.165, 1.54) is 34.7 Å². The highest BCUT2D eigenvalue weighted by molar-refractivity contribution is 7.15. The molecule has 0 aromatic carbocycles. The fourth-order valence-corrected chi connectivity index (χ4v) is 11.3. The van der Waals surface area contributed by atoms with Gasteiger partial charge in [0, 0.05) is 63.6 Å². The molecule has 4 unspecified atom stereocenters. The number of nitrogens with zero attached hydrogens (tertiary/aromatic N) is 3. The number of aliphatic carboxylic acids is 3. The lowest BCUT2D eigenvalue weighted by Gasteiger charge is -2.33. The third-order valence-corrected chi connectivity index (χ3v) is 19.3. The molecule has 1 aliphatic heterocycles. The molecule has 0 bridgehead atoms. The van der Waals surface area contributed by atoms with Crippen LogP contribution < -0.4 is 54.3 Å². The number of hydrogen-bond donors (Lipinski definition) is 15. The molecule has 0 spiro atoms. The third kappa shape index (κ3) is 55.7. The van der Waals surface area contributed by atoms with Crippen molar-refractivity contribution in [2.24, 2.45) is 117 Å². The zero-order valence-electron chi connectivity index (χ0n) is 81.2. The van der Waals surface area contributed by atoms with Gasteiger partial charge in [0.25, 0.3) is 0 Å². The molecule has 0 saturated carbocycles. The SMILES string of the molecule is CC(C)(C)[C@H](N)C(=O)Nc1ccccn1.CC(C)C[C@@H](C(=O)N[C@H](C(=O)Nc1ccccn1)C(C)(C)C)[C@H](C)C(=O)NO.CC(C)C[C@@H](C(=O)N[C@H](C(=O)Nc1ccccn1)C(C)(C)C)[C@H](C)C(=O)NP.CC(C)C[C@@H](C(=O)O)[C@H](C)C(=O)O.CC(C)C[C@H]1C(=O)OC(=O)[C@H]1C.COC(C)O.COC(C)ON.COC(C)ONC(=O)[C@@H](C)[C@@H](CC(C)C)C(=O)O.[2H]C#C. The number of aromatic nitrogens is 3. The number of hydroxylamine groups is 2. The van der Waals surface area contributed by atoms with Crippen molar-refractivity contribution in [1.29, 1.82) is 0 Å². The number of aliphatic hydroxyl groups is 1. The number of cyclic esters (lactones) is 2. The monoisotopic (exact) mass is 1820 g/mol. The average molecular weight is 1820 g/mol. The number of anilines is 3. The van der Waals surface area contributed by atoms with Gasteiger partial charge in [-0.15, -0.1) is 12.8 Å². The molecule has 1 saturated heterocycles. The van der Waals surface area contributed by atoms with Gasteiger partial charge >= 0.3 is 29.8 Å². The average Bonchev–Trinajstić information content (AvgIpc) is 1.82. The highest BCUT2D eigenvalue weighted by Gasteiger charge is 2.43. The molecule has 4 rings (SSSR count). The van der Waals surface area contributed by atoms with Crippen LogP contribution in [0.4, 0.5) is 17.5 Å². The number of nitrogens with two attached hydrogens (primary N) is 2. The summed E-state index contributed by atoms with van der Waals surface area (Å²) >= 11 is 0. The fraction of sp³-hybridized carbons (Fsp3) is 0.663. The Morgan fingerprint density at radius 1 is 0.488 bits per heavy atom. The summed E-state index contributed by atoms with van der Waals surface area (Å²) in [4.78, 5) is 175. The molecule has 4 heterocycles. The molecule has 37 nitrogen and oxygen atoms in total. The number of carbonyl (C=O) groups is 13. The van der Waals surface area contributed by atoms with Crippen molar-refractivity contribution in [2.45, 2.75) is 256 Å². The summed E-state index contributed by atoms with van der Waals surface area (Å²) in [5.41, 5.74) is 8.28. The number of carbonyl (C=O) groups excluding carboxylic acids is 10. The first-order valence-corrected chi connectivity index (χ1v) is 42.4. The normalized spacial score (nSPS) is 16.1. The highest BCUT2D eigenvalue weighted by atomic mass is 31.0. The second kappa shape index (κ2) is 65.9. The number of aliphatic hydroxyl groups excluding tert-OH is 1. The van der Waals surface area contributed by atoms with Crippen LogP contribution in [0, 0.1) is 118 Å². The van der Waals surface area contributed by atoms with Crippen molar-refractivity contribution in [3.63, 3.8) is 0 Å². The van der Waals surface area contributed by atoms with Gasteiger partial charge in [0.2, 0.25) is 47.3 Å². The Labute approximate surface area is 756 Å². The van der Waals surface area contributed by atoms with Gasteiger partial charge in [0.15, 0.2) is 18.9 Å². The maximum absolute atomic E-state index is 13.1. The van der Waals surface area contributed by atoms with Gasteiger partial charge < -0.3 is 76.8 Å². The van der Waals surface area contributed by atoms with E-state index < -0.39 is 125 Å². The summed E-state index contributed by atoms with van der Waals surface area (Å²) in [7, 11) is 6.59. The summed E-state index contributed by atoms with van der Waals surface area (Å²) in [6.07, 6.45) is 11.6. The van der Waals surface area contributed by atoms with Crippen molar-refractivity contribution < 1.29 is 118 Å². The molecule has 3 aromatic heterocycles. The van der Waals surface area contributed by atoms with Crippen LogP contribution in [0.15, 0.2) is 73.2 Å². The van der Waals surface area contributed by atoms with Crippen molar-refractivity contribution in [2.75, 3.05) is 37.3 Å². The van der Waals surface area contributed by atoms with E-state index in [2.05, 4.69) is 92.9 Å². The van der Waals surface area contributed by atoms with Crippen molar-refractivity contribution in [1.82, 2.24) is 41.6 Å². The van der Waals surface area contributed by atoms with Crippen LogP contribution in [0.2, 0.25) is 0 Å². The van der Waals surface area contributed by atoms with Gasteiger partial charge in [-0.1, -0.05) is 184 Å². The molecule has 3 aromatic rings. The van der Waals surface area contributed by atoms with Gasteiger partial charge in [0.1, 0.15) is 30.9 Å². The number of hydrogen-bond acceptors (Lipinski definition) is 26. The van der Waals surface area contributed by atoms with Crippen LogP contribution in [0.1, 0.15) is 220 Å². The first kappa shape index (κ1) is 124. The van der Waals surface area contributed by atoms with E-state index in [0.29, 0.717) is 49.1 Å². The van der Waals surface area contributed by atoms with E-state index >= 15 is 0 Å². The van der Waals surface area contributed by atoms with Crippen LogP contribution in [0.3, 0.4) is 0 Å². The molecule has 17 N–H and O–H groups in total. The maximum atomic E-state index is 13.1. The van der Waals surface area contributed by atoms with Crippen molar-refractivity contribution in [3.05, 3.63) is 73.2 Å². The number of carboxylic acids is 3.